The highest BCUT2D eigenvalue weighted by molar-refractivity contribution is 4.84. The lowest BCUT2D eigenvalue weighted by atomic mass is 9.96. The van der Waals surface area contributed by atoms with Gasteiger partial charge in [0.05, 0.1) is 0 Å². The lowest BCUT2D eigenvalue weighted by Crippen LogP contribution is -2.41. The van der Waals surface area contributed by atoms with E-state index < -0.39 is 0 Å². The van der Waals surface area contributed by atoms with Crippen molar-refractivity contribution in [3.8, 4) is 0 Å². The SMILES string of the molecule is CCCCCCCCCCCC(C(C)C)[n+]1ccccc1. The Balaban J connectivity index is 2.12. The zero-order valence-electron chi connectivity index (χ0n) is 14.6. The standard InChI is InChI=1S/C20H36N/c1-4-5-6-7-8-9-10-11-13-16-20(19(2)3)21-17-14-12-15-18-21/h12,14-15,17-20H,4-11,13,16H2,1-3H3/q+1. The van der Waals surface area contributed by atoms with E-state index in [9.17, 15) is 0 Å². The molecule has 0 radical (unpaired) electrons. The van der Waals surface area contributed by atoms with Gasteiger partial charge in [0.2, 0.25) is 0 Å². The molecule has 0 aliphatic heterocycles. The Bertz CT molecular complexity index is 331. The third kappa shape index (κ3) is 8.24. The smallest absolute Gasteiger partial charge is 0.169 e. The number of pyridine rings is 1. The Morgan fingerprint density at radius 2 is 1.24 bits per heavy atom. The quantitative estimate of drug-likeness (QED) is 0.324. The van der Waals surface area contributed by atoms with Crippen molar-refractivity contribution in [3.63, 3.8) is 0 Å². The Morgan fingerprint density at radius 3 is 1.76 bits per heavy atom. The summed E-state index contributed by atoms with van der Waals surface area (Å²) < 4.78 is 2.40. The van der Waals surface area contributed by atoms with Crippen LogP contribution in [0.2, 0.25) is 0 Å². The molecule has 0 saturated carbocycles. The van der Waals surface area contributed by atoms with E-state index in [0.29, 0.717) is 12.0 Å². The fourth-order valence-corrected chi connectivity index (χ4v) is 3.12. The second kappa shape index (κ2) is 11.8. The van der Waals surface area contributed by atoms with Gasteiger partial charge in [0.25, 0.3) is 0 Å². The highest BCUT2D eigenvalue weighted by atomic mass is 15.0. The van der Waals surface area contributed by atoms with Gasteiger partial charge in [-0.05, 0) is 6.42 Å². The molecule has 1 nitrogen and oxygen atoms in total. The minimum atomic E-state index is 0.663. The highest BCUT2D eigenvalue weighted by Crippen LogP contribution is 2.19. The molecule has 1 aromatic heterocycles. The first-order chi connectivity index (χ1) is 10.3. The molecule has 1 heteroatoms. The highest BCUT2D eigenvalue weighted by Gasteiger charge is 2.21. The summed E-state index contributed by atoms with van der Waals surface area (Å²) in [4.78, 5) is 0. The van der Waals surface area contributed by atoms with Crippen molar-refractivity contribution in [3.05, 3.63) is 30.6 Å². The van der Waals surface area contributed by atoms with E-state index in [-0.39, 0.29) is 0 Å². The number of hydrogen-bond acceptors (Lipinski definition) is 0. The summed E-state index contributed by atoms with van der Waals surface area (Å²) in [7, 11) is 0. The average molecular weight is 291 g/mol. The molecule has 0 aromatic carbocycles. The van der Waals surface area contributed by atoms with Crippen LogP contribution in [-0.4, -0.2) is 0 Å². The summed E-state index contributed by atoms with van der Waals surface area (Å²) in [5.41, 5.74) is 0. The number of hydrogen-bond donors (Lipinski definition) is 0. The van der Waals surface area contributed by atoms with E-state index in [1.807, 2.05) is 0 Å². The Labute approximate surface area is 132 Å². The van der Waals surface area contributed by atoms with Crippen molar-refractivity contribution >= 4 is 0 Å². The predicted octanol–water partition coefficient (Wildman–Crippen LogP) is 6.09. The van der Waals surface area contributed by atoms with Gasteiger partial charge < -0.3 is 0 Å². The topological polar surface area (TPSA) is 3.88 Å². The zero-order chi connectivity index (χ0) is 15.3. The first-order valence-electron chi connectivity index (χ1n) is 9.21. The fraction of sp³-hybridized carbons (Fsp3) is 0.750. The fourth-order valence-electron chi connectivity index (χ4n) is 3.12. The monoisotopic (exact) mass is 290 g/mol. The minimum absolute atomic E-state index is 0.663. The molecule has 1 aromatic rings. The van der Waals surface area contributed by atoms with Crippen LogP contribution < -0.4 is 4.57 Å². The van der Waals surface area contributed by atoms with E-state index in [2.05, 4.69) is 55.9 Å². The van der Waals surface area contributed by atoms with Gasteiger partial charge in [0, 0.05) is 24.5 Å². The van der Waals surface area contributed by atoms with Crippen molar-refractivity contribution in [1.82, 2.24) is 0 Å². The molecule has 1 rings (SSSR count). The zero-order valence-corrected chi connectivity index (χ0v) is 14.6. The summed E-state index contributed by atoms with van der Waals surface area (Å²) >= 11 is 0. The summed E-state index contributed by atoms with van der Waals surface area (Å²) in [6.45, 7) is 6.98. The molecule has 0 N–H and O–H groups in total. The minimum Gasteiger partial charge on any atom is -0.202 e. The first-order valence-corrected chi connectivity index (χ1v) is 9.21. The Kier molecular flexibility index (Phi) is 10.2. The lowest BCUT2D eigenvalue weighted by Gasteiger charge is -2.15. The summed E-state index contributed by atoms with van der Waals surface area (Å²) in [5, 5.41) is 0. The van der Waals surface area contributed by atoms with E-state index >= 15 is 0 Å². The maximum Gasteiger partial charge on any atom is 0.169 e. The van der Waals surface area contributed by atoms with E-state index in [1.54, 1.807) is 0 Å². The van der Waals surface area contributed by atoms with Crippen LogP contribution in [0.3, 0.4) is 0 Å². The molecule has 1 unspecified atom stereocenters. The van der Waals surface area contributed by atoms with Crippen LogP contribution in [0.5, 0.6) is 0 Å². The molecular formula is C20H36N+. The molecule has 1 atom stereocenters. The van der Waals surface area contributed by atoms with Gasteiger partial charge in [-0.1, -0.05) is 78.2 Å². The summed E-state index contributed by atoms with van der Waals surface area (Å²) in [5.74, 6) is 0.714. The normalized spacial score (nSPS) is 12.8. The van der Waals surface area contributed by atoms with E-state index in [4.69, 9.17) is 0 Å². The van der Waals surface area contributed by atoms with E-state index in [1.165, 1.54) is 64.2 Å². The molecule has 21 heavy (non-hydrogen) atoms. The van der Waals surface area contributed by atoms with Gasteiger partial charge in [-0.15, -0.1) is 0 Å². The summed E-state index contributed by atoms with van der Waals surface area (Å²) in [6.07, 6.45) is 18.5. The third-order valence-electron chi connectivity index (χ3n) is 4.49. The first kappa shape index (κ1) is 18.2. The molecule has 0 bridgehead atoms. The lowest BCUT2D eigenvalue weighted by molar-refractivity contribution is -0.730. The molecule has 120 valence electrons. The van der Waals surface area contributed by atoms with Crippen LogP contribution >= 0.6 is 0 Å². The Hall–Kier alpha value is -0.850. The molecule has 0 spiro atoms. The number of rotatable bonds is 12. The van der Waals surface area contributed by atoms with Gasteiger partial charge >= 0.3 is 0 Å². The van der Waals surface area contributed by atoms with Crippen LogP contribution in [-0.2, 0) is 0 Å². The van der Waals surface area contributed by atoms with Gasteiger partial charge in [-0.2, -0.15) is 0 Å². The van der Waals surface area contributed by atoms with Gasteiger partial charge in [-0.3, -0.25) is 0 Å². The van der Waals surface area contributed by atoms with Crippen molar-refractivity contribution in [2.45, 2.75) is 91.0 Å². The van der Waals surface area contributed by atoms with Crippen molar-refractivity contribution < 1.29 is 4.57 Å². The van der Waals surface area contributed by atoms with Crippen LogP contribution in [0.1, 0.15) is 91.0 Å². The number of unbranched alkanes of at least 4 members (excludes halogenated alkanes) is 8. The van der Waals surface area contributed by atoms with Crippen LogP contribution in [0.15, 0.2) is 30.6 Å². The van der Waals surface area contributed by atoms with Crippen LogP contribution in [0.4, 0.5) is 0 Å². The van der Waals surface area contributed by atoms with Crippen LogP contribution in [0, 0.1) is 5.92 Å². The van der Waals surface area contributed by atoms with Gasteiger partial charge in [0.1, 0.15) is 0 Å². The number of nitrogens with zero attached hydrogens (tertiary/aromatic N) is 1. The van der Waals surface area contributed by atoms with Gasteiger partial charge in [-0.25, -0.2) is 4.57 Å². The van der Waals surface area contributed by atoms with Crippen LogP contribution in [0.25, 0.3) is 0 Å². The second-order valence-electron chi connectivity index (χ2n) is 6.75. The molecule has 1 heterocycles. The maximum atomic E-state index is 2.40. The van der Waals surface area contributed by atoms with Crippen molar-refractivity contribution in [1.29, 1.82) is 0 Å². The molecule has 0 amide bonds. The predicted molar refractivity (Wildman–Crippen MR) is 92.4 cm³/mol. The average Bonchev–Trinajstić information content (AvgIpc) is 2.50. The molecular weight excluding hydrogens is 254 g/mol. The summed E-state index contributed by atoms with van der Waals surface area (Å²) in [6, 6.07) is 7.06. The molecule has 0 fully saturated rings. The second-order valence-corrected chi connectivity index (χ2v) is 6.75. The molecule has 0 saturated heterocycles. The third-order valence-corrected chi connectivity index (χ3v) is 4.49. The van der Waals surface area contributed by atoms with Gasteiger partial charge in [0.15, 0.2) is 18.4 Å². The van der Waals surface area contributed by atoms with Crippen molar-refractivity contribution in [2.75, 3.05) is 0 Å². The largest absolute Gasteiger partial charge is 0.202 e. The molecule has 0 aliphatic carbocycles. The molecule has 0 aliphatic rings. The van der Waals surface area contributed by atoms with E-state index in [0.717, 1.165) is 0 Å². The number of aromatic nitrogens is 1. The maximum absolute atomic E-state index is 2.40. The Morgan fingerprint density at radius 1 is 0.714 bits per heavy atom. The van der Waals surface area contributed by atoms with Crippen molar-refractivity contribution in [2.24, 2.45) is 5.92 Å².